The van der Waals surface area contributed by atoms with E-state index in [-0.39, 0.29) is 12.1 Å². The number of para-hydroxylation sites is 1. The predicted molar refractivity (Wildman–Crippen MR) is 92.2 cm³/mol. The van der Waals surface area contributed by atoms with Crippen LogP contribution in [0.25, 0.3) is 10.9 Å². The average molecular weight is 343 g/mol. The molecule has 1 saturated carbocycles. The van der Waals surface area contributed by atoms with Gasteiger partial charge in [0.05, 0.1) is 17.2 Å². The summed E-state index contributed by atoms with van der Waals surface area (Å²) >= 11 is 0. The van der Waals surface area contributed by atoms with E-state index in [1.165, 1.54) is 22.8 Å². The number of nitrogens with zero attached hydrogens (tertiary/aromatic N) is 3. The molecular weight excluding hydrogens is 322 g/mol. The normalized spacial score (nSPS) is 16.5. The molecule has 3 rings (SSSR count). The molecule has 0 radical (unpaired) electrons. The van der Waals surface area contributed by atoms with E-state index in [1.807, 2.05) is 0 Å². The number of hydrogen-bond acceptors (Lipinski definition) is 4. The lowest BCUT2D eigenvalue weighted by Gasteiger charge is -2.41. The Morgan fingerprint density at radius 1 is 1.24 bits per heavy atom. The summed E-state index contributed by atoms with van der Waals surface area (Å²) in [6.45, 7) is -0.220. The van der Waals surface area contributed by atoms with Gasteiger partial charge in [-0.1, -0.05) is 31.4 Å². The van der Waals surface area contributed by atoms with Crippen molar-refractivity contribution in [3.05, 3.63) is 40.9 Å². The summed E-state index contributed by atoms with van der Waals surface area (Å²) in [7, 11) is 1.52. The van der Waals surface area contributed by atoms with Gasteiger partial charge in [0.25, 0.3) is 5.56 Å². The second-order valence-corrected chi connectivity index (χ2v) is 6.54. The van der Waals surface area contributed by atoms with Crippen LogP contribution in [0.1, 0.15) is 32.1 Å². The molecule has 0 spiro atoms. The predicted octanol–water partition coefficient (Wildman–Crippen LogP) is 1.64. The Morgan fingerprint density at radius 2 is 1.92 bits per heavy atom. The highest BCUT2D eigenvalue weighted by Gasteiger charge is 2.45. The molecule has 0 atom stereocenters. The van der Waals surface area contributed by atoms with E-state index >= 15 is 0 Å². The molecule has 1 aliphatic rings. The van der Waals surface area contributed by atoms with Gasteiger partial charge in [-0.15, -0.1) is 0 Å². The summed E-state index contributed by atoms with van der Waals surface area (Å²) in [6, 6.07) is 6.93. The average Bonchev–Trinajstić information content (AvgIpc) is 2.64. The number of rotatable bonds is 4. The number of benzene rings is 1. The molecule has 1 aromatic heterocycles. The molecule has 0 unspecified atom stereocenters. The van der Waals surface area contributed by atoms with Crippen LogP contribution >= 0.6 is 0 Å². The first-order valence-electron chi connectivity index (χ1n) is 8.40. The van der Waals surface area contributed by atoms with Gasteiger partial charge in [-0.3, -0.25) is 14.2 Å². The number of amides is 1. The molecule has 2 aromatic rings. The van der Waals surface area contributed by atoms with Crippen molar-refractivity contribution in [2.75, 3.05) is 7.05 Å². The summed E-state index contributed by atoms with van der Waals surface area (Å²) in [4.78, 5) is 42.5. The number of aromatic nitrogens is 2. The minimum Gasteiger partial charge on any atom is -0.479 e. The fourth-order valence-corrected chi connectivity index (χ4v) is 3.54. The van der Waals surface area contributed by atoms with Crippen LogP contribution in [0.15, 0.2) is 35.4 Å². The van der Waals surface area contributed by atoms with Gasteiger partial charge in [-0.25, -0.2) is 9.78 Å². The van der Waals surface area contributed by atoms with E-state index in [9.17, 15) is 19.5 Å². The molecular formula is C18H21N3O4. The first-order chi connectivity index (χ1) is 12.0. The van der Waals surface area contributed by atoms with Crippen LogP contribution in [0.5, 0.6) is 0 Å². The van der Waals surface area contributed by atoms with Gasteiger partial charge < -0.3 is 10.0 Å². The summed E-state index contributed by atoms with van der Waals surface area (Å²) < 4.78 is 1.24. The van der Waals surface area contributed by atoms with Gasteiger partial charge in [-0.05, 0) is 25.0 Å². The molecule has 132 valence electrons. The lowest BCUT2D eigenvalue weighted by Crippen LogP contribution is -2.57. The second-order valence-electron chi connectivity index (χ2n) is 6.54. The van der Waals surface area contributed by atoms with E-state index < -0.39 is 17.4 Å². The highest BCUT2D eigenvalue weighted by atomic mass is 16.4. The molecule has 1 N–H and O–H groups in total. The molecule has 1 fully saturated rings. The van der Waals surface area contributed by atoms with E-state index in [4.69, 9.17) is 0 Å². The minimum atomic E-state index is -1.18. The Labute approximate surface area is 144 Å². The maximum atomic E-state index is 12.7. The summed E-state index contributed by atoms with van der Waals surface area (Å²) in [5.74, 6) is -1.38. The largest absolute Gasteiger partial charge is 0.479 e. The van der Waals surface area contributed by atoms with Crippen LogP contribution in [0, 0.1) is 0 Å². The standard InChI is InChI=1S/C18H21N3O4/c1-20(18(17(24)25)9-5-2-6-10-18)15(22)11-21-12-19-14-8-4-3-7-13(14)16(21)23/h3-4,7-8,12H,2,5-6,9-11H2,1H3,(H,24,25). The van der Waals surface area contributed by atoms with E-state index in [1.54, 1.807) is 24.3 Å². The SMILES string of the molecule is CN(C(=O)Cn1cnc2ccccc2c1=O)C1(C(=O)O)CCCCC1. The monoisotopic (exact) mass is 343 g/mol. The zero-order chi connectivity index (χ0) is 18.0. The van der Waals surface area contributed by atoms with Crippen molar-refractivity contribution < 1.29 is 14.7 Å². The highest BCUT2D eigenvalue weighted by molar-refractivity contribution is 5.87. The molecule has 25 heavy (non-hydrogen) atoms. The smallest absolute Gasteiger partial charge is 0.329 e. The first kappa shape index (κ1) is 17.1. The fraction of sp³-hybridized carbons (Fsp3) is 0.444. The zero-order valence-electron chi connectivity index (χ0n) is 14.1. The number of hydrogen-bond donors (Lipinski definition) is 1. The van der Waals surface area contributed by atoms with Gasteiger partial charge in [0.15, 0.2) is 0 Å². The third kappa shape index (κ3) is 3.01. The molecule has 0 saturated heterocycles. The van der Waals surface area contributed by atoms with E-state index in [0.29, 0.717) is 23.7 Å². The second kappa shape index (κ2) is 6.66. The third-order valence-electron chi connectivity index (χ3n) is 5.13. The summed E-state index contributed by atoms with van der Waals surface area (Å²) in [6.07, 6.45) is 4.75. The summed E-state index contributed by atoms with van der Waals surface area (Å²) in [5.41, 5.74) is -0.914. The van der Waals surface area contributed by atoms with Crippen molar-refractivity contribution in [2.45, 2.75) is 44.2 Å². The molecule has 1 heterocycles. The maximum absolute atomic E-state index is 12.7. The topological polar surface area (TPSA) is 92.5 Å². The van der Waals surface area contributed by atoms with Gasteiger partial charge in [0, 0.05) is 7.05 Å². The van der Waals surface area contributed by atoms with Gasteiger partial charge in [0.1, 0.15) is 12.1 Å². The Bertz CT molecular complexity index is 868. The summed E-state index contributed by atoms with van der Waals surface area (Å²) in [5, 5.41) is 10.1. The lowest BCUT2D eigenvalue weighted by molar-refractivity contribution is -0.160. The number of aliphatic carboxylic acids is 1. The Balaban J connectivity index is 1.87. The van der Waals surface area contributed by atoms with Crippen LogP contribution in [-0.2, 0) is 16.1 Å². The zero-order valence-corrected chi connectivity index (χ0v) is 14.1. The number of likely N-dealkylation sites (N-methyl/N-ethyl adjacent to an activating group) is 1. The number of carboxylic acid groups (broad SMARTS) is 1. The minimum absolute atomic E-state index is 0.220. The molecule has 0 bridgehead atoms. The van der Waals surface area contributed by atoms with Crippen LogP contribution in [0.2, 0.25) is 0 Å². The van der Waals surface area contributed by atoms with Crippen molar-refractivity contribution >= 4 is 22.8 Å². The lowest BCUT2D eigenvalue weighted by atomic mass is 9.80. The van der Waals surface area contributed by atoms with Crippen LogP contribution in [0.4, 0.5) is 0 Å². The molecule has 7 heteroatoms. The van der Waals surface area contributed by atoms with E-state index in [2.05, 4.69) is 4.98 Å². The van der Waals surface area contributed by atoms with Crippen LogP contribution < -0.4 is 5.56 Å². The van der Waals surface area contributed by atoms with E-state index in [0.717, 1.165) is 19.3 Å². The molecule has 1 aliphatic carbocycles. The number of carbonyl (C=O) groups is 2. The maximum Gasteiger partial charge on any atom is 0.329 e. The van der Waals surface area contributed by atoms with Crippen LogP contribution in [-0.4, -0.2) is 44.0 Å². The van der Waals surface area contributed by atoms with Crippen molar-refractivity contribution in [3.8, 4) is 0 Å². The van der Waals surface area contributed by atoms with Crippen molar-refractivity contribution in [1.82, 2.24) is 14.5 Å². The van der Waals surface area contributed by atoms with Gasteiger partial charge in [-0.2, -0.15) is 0 Å². The van der Waals surface area contributed by atoms with Crippen molar-refractivity contribution in [3.63, 3.8) is 0 Å². The van der Waals surface area contributed by atoms with Gasteiger partial charge >= 0.3 is 5.97 Å². The molecule has 7 nitrogen and oxygen atoms in total. The van der Waals surface area contributed by atoms with Crippen molar-refractivity contribution in [1.29, 1.82) is 0 Å². The van der Waals surface area contributed by atoms with Gasteiger partial charge in [0.2, 0.25) is 5.91 Å². The quantitative estimate of drug-likeness (QED) is 0.911. The Hall–Kier alpha value is -2.70. The third-order valence-corrected chi connectivity index (χ3v) is 5.13. The molecule has 1 amide bonds. The fourth-order valence-electron chi connectivity index (χ4n) is 3.54. The number of carbonyl (C=O) groups excluding carboxylic acids is 1. The molecule has 1 aromatic carbocycles. The molecule has 0 aliphatic heterocycles. The number of carboxylic acids is 1. The Morgan fingerprint density at radius 3 is 2.60 bits per heavy atom. The van der Waals surface area contributed by atoms with Crippen LogP contribution in [0.3, 0.4) is 0 Å². The Kier molecular flexibility index (Phi) is 4.57. The first-order valence-corrected chi connectivity index (χ1v) is 8.40. The van der Waals surface area contributed by atoms with Crippen molar-refractivity contribution in [2.24, 2.45) is 0 Å². The highest BCUT2D eigenvalue weighted by Crippen LogP contribution is 2.33. The number of fused-ring (bicyclic) bond motifs is 1.